The van der Waals surface area contributed by atoms with Gasteiger partial charge in [-0.15, -0.1) is 0 Å². The summed E-state index contributed by atoms with van der Waals surface area (Å²) in [5.74, 6) is 0. The van der Waals surface area contributed by atoms with Gasteiger partial charge >= 0.3 is 0 Å². The molecule has 21 heavy (non-hydrogen) atoms. The highest BCUT2D eigenvalue weighted by molar-refractivity contribution is 6.31. The predicted molar refractivity (Wildman–Crippen MR) is 89.9 cm³/mol. The average molecular weight is 304 g/mol. The molecule has 0 saturated carbocycles. The number of hydrogen-bond acceptors (Lipinski definition) is 3. The Bertz CT molecular complexity index is 598. The van der Waals surface area contributed by atoms with Gasteiger partial charge in [-0.2, -0.15) is 0 Å². The van der Waals surface area contributed by atoms with E-state index in [1.54, 1.807) is 0 Å². The molecule has 0 aliphatic rings. The zero-order chi connectivity index (χ0) is 15.2. The first-order valence-electron chi connectivity index (χ1n) is 7.22. The molecule has 3 nitrogen and oxygen atoms in total. The molecule has 0 bridgehead atoms. The molecular formula is C17H22ClN3. The Morgan fingerprint density at radius 2 is 2.00 bits per heavy atom. The number of benzene rings is 1. The molecule has 0 unspecified atom stereocenters. The third-order valence-corrected chi connectivity index (χ3v) is 3.81. The molecule has 2 rings (SSSR count). The first-order valence-corrected chi connectivity index (χ1v) is 7.60. The molecule has 0 spiro atoms. The van der Waals surface area contributed by atoms with Crippen molar-refractivity contribution in [2.24, 2.45) is 0 Å². The molecule has 1 aromatic carbocycles. The second-order valence-electron chi connectivity index (χ2n) is 5.18. The molecule has 4 heteroatoms. The number of aromatic nitrogens is 1. The van der Waals surface area contributed by atoms with Gasteiger partial charge in [0.05, 0.1) is 0 Å². The van der Waals surface area contributed by atoms with E-state index in [4.69, 9.17) is 11.6 Å². The second kappa shape index (κ2) is 7.43. The highest BCUT2D eigenvalue weighted by Gasteiger charge is 2.10. The number of rotatable bonds is 6. The number of aryl methyl sites for hydroxylation is 1. The zero-order valence-electron chi connectivity index (χ0n) is 12.9. The van der Waals surface area contributed by atoms with E-state index in [9.17, 15) is 0 Å². The van der Waals surface area contributed by atoms with Crippen LogP contribution in [-0.2, 0) is 13.1 Å². The summed E-state index contributed by atoms with van der Waals surface area (Å²) in [6, 6.07) is 10.1. The maximum Gasteiger partial charge on any atom is 0.0455 e. The van der Waals surface area contributed by atoms with Crippen molar-refractivity contribution in [2.75, 3.05) is 18.5 Å². The highest BCUT2D eigenvalue weighted by atomic mass is 35.5. The van der Waals surface area contributed by atoms with Crippen LogP contribution in [0.5, 0.6) is 0 Å². The number of pyridine rings is 1. The summed E-state index contributed by atoms with van der Waals surface area (Å²) < 4.78 is 0. The molecule has 0 radical (unpaired) electrons. The molecule has 0 fully saturated rings. The van der Waals surface area contributed by atoms with Crippen LogP contribution < -0.4 is 10.2 Å². The smallest absolute Gasteiger partial charge is 0.0455 e. The molecule has 0 aliphatic heterocycles. The van der Waals surface area contributed by atoms with Gasteiger partial charge in [0.25, 0.3) is 0 Å². The Morgan fingerprint density at radius 1 is 1.24 bits per heavy atom. The summed E-state index contributed by atoms with van der Waals surface area (Å²) in [5.41, 5.74) is 4.56. The monoisotopic (exact) mass is 303 g/mol. The van der Waals surface area contributed by atoms with Crippen LogP contribution in [0.4, 0.5) is 5.69 Å². The predicted octanol–water partition coefficient (Wildman–Crippen LogP) is 3.79. The van der Waals surface area contributed by atoms with Crippen LogP contribution in [0.1, 0.15) is 23.7 Å². The Hall–Kier alpha value is -1.58. The van der Waals surface area contributed by atoms with Gasteiger partial charge in [-0.1, -0.05) is 36.7 Å². The molecule has 1 heterocycles. The van der Waals surface area contributed by atoms with Gasteiger partial charge < -0.3 is 10.2 Å². The van der Waals surface area contributed by atoms with Gasteiger partial charge in [0.2, 0.25) is 0 Å². The van der Waals surface area contributed by atoms with E-state index in [0.717, 1.165) is 35.9 Å². The fourth-order valence-electron chi connectivity index (χ4n) is 2.29. The van der Waals surface area contributed by atoms with E-state index in [1.807, 2.05) is 31.3 Å². The minimum absolute atomic E-state index is 0.780. The van der Waals surface area contributed by atoms with Crippen molar-refractivity contribution in [3.05, 3.63) is 58.4 Å². The van der Waals surface area contributed by atoms with Gasteiger partial charge in [-0.25, -0.2) is 0 Å². The first kappa shape index (κ1) is 15.8. The first-order chi connectivity index (χ1) is 10.1. The minimum Gasteiger partial charge on any atom is -0.370 e. The number of anilines is 1. The van der Waals surface area contributed by atoms with Gasteiger partial charge in [-0.3, -0.25) is 4.98 Å². The Morgan fingerprint density at radius 3 is 2.71 bits per heavy atom. The lowest BCUT2D eigenvalue weighted by atomic mass is 10.1. The lowest BCUT2D eigenvalue weighted by Gasteiger charge is -2.23. The second-order valence-corrected chi connectivity index (χ2v) is 5.59. The average Bonchev–Trinajstić information content (AvgIpc) is 2.48. The molecule has 0 aliphatic carbocycles. The van der Waals surface area contributed by atoms with Gasteiger partial charge in [0.15, 0.2) is 0 Å². The molecule has 112 valence electrons. The van der Waals surface area contributed by atoms with Crippen LogP contribution in [0.15, 0.2) is 36.5 Å². The topological polar surface area (TPSA) is 28.2 Å². The summed E-state index contributed by atoms with van der Waals surface area (Å²) in [6.45, 7) is 6.67. The SMILES string of the molecule is CCNCc1cnc(C)cc1N(C)Cc1ccccc1Cl. The third-order valence-electron chi connectivity index (χ3n) is 3.44. The summed E-state index contributed by atoms with van der Waals surface area (Å²) in [4.78, 5) is 6.63. The quantitative estimate of drug-likeness (QED) is 0.880. The summed E-state index contributed by atoms with van der Waals surface area (Å²) in [6.07, 6.45) is 1.95. The number of hydrogen-bond donors (Lipinski definition) is 1. The van der Waals surface area contributed by atoms with E-state index in [-0.39, 0.29) is 0 Å². The lowest BCUT2D eigenvalue weighted by Crippen LogP contribution is -2.21. The molecular weight excluding hydrogens is 282 g/mol. The van der Waals surface area contributed by atoms with Gasteiger partial charge in [0.1, 0.15) is 0 Å². The highest BCUT2D eigenvalue weighted by Crippen LogP contribution is 2.24. The molecule has 0 saturated heterocycles. The van der Waals surface area contributed by atoms with E-state index in [2.05, 4.69) is 41.3 Å². The lowest BCUT2D eigenvalue weighted by molar-refractivity contribution is 0.720. The van der Waals surface area contributed by atoms with E-state index in [1.165, 1.54) is 11.3 Å². The number of halogens is 1. The molecule has 1 N–H and O–H groups in total. The largest absolute Gasteiger partial charge is 0.370 e. The van der Waals surface area contributed by atoms with Crippen molar-refractivity contribution in [3.8, 4) is 0 Å². The maximum absolute atomic E-state index is 6.26. The number of nitrogens with one attached hydrogen (secondary N) is 1. The fraction of sp³-hybridized carbons (Fsp3) is 0.353. The van der Waals surface area contributed by atoms with Crippen LogP contribution in [0.2, 0.25) is 5.02 Å². The molecule has 0 atom stereocenters. The summed E-state index contributed by atoms with van der Waals surface area (Å²) >= 11 is 6.26. The van der Waals surface area contributed by atoms with Crippen LogP contribution in [0, 0.1) is 6.92 Å². The molecule has 0 amide bonds. The van der Waals surface area contributed by atoms with Crippen molar-refractivity contribution in [1.82, 2.24) is 10.3 Å². The molecule has 2 aromatic rings. The number of nitrogens with zero attached hydrogens (tertiary/aromatic N) is 2. The third kappa shape index (κ3) is 4.19. The van der Waals surface area contributed by atoms with Crippen molar-refractivity contribution in [3.63, 3.8) is 0 Å². The van der Waals surface area contributed by atoms with Crippen LogP contribution in [0.3, 0.4) is 0 Å². The Kier molecular flexibility index (Phi) is 5.59. The van der Waals surface area contributed by atoms with Crippen molar-refractivity contribution < 1.29 is 0 Å². The molecule has 1 aromatic heterocycles. The van der Waals surface area contributed by atoms with E-state index >= 15 is 0 Å². The zero-order valence-corrected chi connectivity index (χ0v) is 13.6. The van der Waals surface area contributed by atoms with Crippen molar-refractivity contribution in [1.29, 1.82) is 0 Å². The van der Waals surface area contributed by atoms with Gasteiger partial charge in [0, 0.05) is 48.3 Å². The maximum atomic E-state index is 6.26. The minimum atomic E-state index is 0.780. The van der Waals surface area contributed by atoms with E-state index in [0.29, 0.717) is 0 Å². The van der Waals surface area contributed by atoms with E-state index < -0.39 is 0 Å². The van der Waals surface area contributed by atoms with Crippen molar-refractivity contribution >= 4 is 17.3 Å². The fourth-order valence-corrected chi connectivity index (χ4v) is 2.49. The van der Waals surface area contributed by atoms with Crippen LogP contribution in [-0.4, -0.2) is 18.6 Å². The van der Waals surface area contributed by atoms with Gasteiger partial charge in [-0.05, 0) is 31.2 Å². The Labute approximate surface area is 132 Å². The van der Waals surface area contributed by atoms with Crippen LogP contribution >= 0.6 is 11.6 Å². The van der Waals surface area contributed by atoms with Crippen LogP contribution in [0.25, 0.3) is 0 Å². The summed E-state index contributed by atoms with van der Waals surface area (Å²) in [5, 5.41) is 4.17. The van der Waals surface area contributed by atoms with Crippen molar-refractivity contribution in [2.45, 2.75) is 26.9 Å². The normalized spacial score (nSPS) is 10.7. The summed E-state index contributed by atoms with van der Waals surface area (Å²) in [7, 11) is 2.09. The Balaban J connectivity index is 2.23. The standard InChI is InChI=1S/C17H22ClN3/c1-4-19-10-15-11-20-13(2)9-17(15)21(3)12-14-7-5-6-8-16(14)18/h5-9,11,19H,4,10,12H2,1-3H3.